The van der Waals surface area contributed by atoms with Gasteiger partial charge in [-0.05, 0) is 41.8 Å². The van der Waals surface area contributed by atoms with Crippen molar-refractivity contribution in [2.24, 2.45) is 5.92 Å². The van der Waals surface area contributed by atoms with E-state index in [0.29, 0.717) is 16.5 Å². The van der Waals surface area contributed by atoms with Gasteiger partial charge in [-0.1, -0.05) is 54.4 Å². The van der Waals surface area contributed by atoms with Crippen LogP contribution in [0.15, 0.2) is 48.5 Å². The fourth-order valence-electron chi connectivity index (χ4n) is 3.87. The van der Waals surface area contributed by atoms with Gasteiger partial charge >= 0.3 is 0 Å². The van der Waals surface area contributed by atoms with Gasteiger partial charge < -0.3 is 4.90 Å². The number of ketones is 1. The zero-order valence-electron chi connectivity index (χ0n) is 14.9. The third-order valence-electron chi connectivity index (χ3n) is 5.13. The molecule has 1 saturated heterocycles. The Hall–Kier alpha value is -1.55. The molecule has 0 spiro atoms. The number of amides is 1. The van der Waals surface area contributed by atoms with Crippen LogP contribution in [0.2, 0.25) is 10.0 Å². The van der Waals surface area contributed by atoms with Gasteiger partial charge in [0.25, 0.3) is 0 Å². The summed E-state index contributed by atoms with van der Waals surface area (Å²) >= 11 is 18.0. The van der Waals surface area contributed by atoms with Crippen molar-refractivity contribution in [3.8, 4) is 0 Å². The van der Waals surface area contributed by atoms with E-state index in [4.69, 9.17) is 34.8 Å². The van der Waals surface area contributed by atoms with Crippen LogP contribution in [0, 0.1) is 5.92 Å². The summed E-state index contributed by atoms with van der Waals surface area (Å²) < 4.78 is 0. The monoisotopic (exact) mass is 423 g/mol. The number of hydrogen-bond acceptors (Lipinski definition) is 2. The van der Waals surface area contributed by atoms with Crippen molar-refractivity contribution in [1.29, 1.82) is 0 Å². The lowest BCUT2D eigenvalue weighted by atomic mass is 9.77. The highest BCUT2D eigenvalue weighted by atomic mass is 35.5. The first-order valence-corrected chi connectivity index (χ1v) is 10.2. The summed E-state index contributed by atoms with van der Waals surface area (Å²) in [6.07, 6.45) is 0.915. The molecule has 3 nitrogen and oxygen atoms in total. The van der Waals surface area contributed by atoms with Crippen LogP contribution in [0.1, 0.15) is 43.0 Å². The number of halogens is 3. The number of hydrogen-bond donors (Lipinski definition) is 0. The zero-order valence-corrected chi connectivity index (χ0v) is 17.1. The molecule has 0 N–H and O–H groups in total. The number of nitrogens with zero attached hydrogens (tertiary/aromatic N) is 1. The van der Waals surface area contributed by atoms with E-state index in [0.717, 1.165) is 11.1 Å². The molecule has 27 heavy (non-hydrogen) atoms. The molecule has 0 aliphatic carbocycles. The van der Waals surface area contributed by atoms with Crippen molar-refractivity contribution in [3.05, 3.63) is 69.7 Å². The smallest absolute Gasteiger partial charge is 0.238 e. The fourth-order valence-corrected chi connectivity index (χ4v) is 4.26. The third kappa shape index (κ3) is 4.16. The summed E-state index contributed by atoms with van der Waals surface area (Å²) in [5.41, 5.74) is 1.76. The number of likely N-dealkylation sites (tertiary alicyclic amines) is 1. The molecule has 1 fully saturated rings. The van der Waals surface area contributed by atoms with E-state index in [-0.39, 0.29) is 42.0 Å². The van der Waals surface area contributed by atoms with E-state index < -0.39 is 0 Å². The molecule has 3 atom stereocenters. The molecule has 2 aromatic carbocycles. The van der Waals surface area contributed by atoms with Gasteiger partial charge in [0.2, 0.25) is 5.91 Å². The molecule has 3 rings (SSSR count). The molecule has 0 radical (unpaired) electrons. The lowest BCUT2D eigenvalue weighted by Gasteiger charge is -2.46. The van der Waals surface area contributed by atoms with Gasteiger partial charge in [-0.25, -0.2) is 0 Å². The molecule has 0 aromatic heterocycles. The predicted molar refractivity (Wildman–Crippen MR) is 109 cm³/mol. The van der Waals surface area contributed by atoms with Gasteiger partial charge in [0.15, 0.2) is 0 Å². The highest BCUT2D eigenvalue weighted by Gasteiger charge is 2.44. The minimum atomic E-state index is -0.375. The van der Waals surface area contributed by atoms with Crippen LogP contribution in [0.3, 0.4) is 0 Å². The van der Waals surface area contributed by atoms with Crippen molar-refractivity contribution in [1.82, 2.24) is 4.90 Å². The van der Waals surface area contributed by atoms with Crippen LogP contribution in [0.4, 0.5) is 0 Å². The van der Waals surface area contributed by atoms with E-state index in [9.17, 15) is 9.59 Å². The Labute approximate surface area is 174 Å². The maximum atomic E-state index is 13.0. The maximum Gasteiger partial charge on any atom is 0.238 e. The summed E-state index contributed by atoms with van der Waals surface area (Å²) in [7, 11) is 0. The predicted octanol–water partition coefficient (Wildman–Crippen LogP) is 5.84. The normalized spacial score (nSPS) is 22.7. The molecule has 1 aliphatic rings. The Morgan fingerprint density at radius 2 is 1.52 bits per heavy atom. The van der Waals surface area contributed by atoms with Crippen LogP contribution in [0.5, 0.6) is 0 Å². The largest absolute Gasteiger partial charge is 0.326 e. The average molecular weight is 425 g/mol. The number of rotatable bonds is 4. The molecule has 0 saturated carbocycles. The summed E-state index contributed by atoms with van der Waals surface area (Å²) in [5.74, 6) is -0.459. The zero-order chi connectivity index (χ0) is 19.6. The van der Waals surface area contributed by atoms with Gasteiger partial charge in [-0.2, -0.15) is 0 Å². The molecule has 6 heteroatoms. The molecule has 3 unspecified atom stereocenters. The standard InChI is InChI=1S/C21H20Cl3NO2/c1-2-17-19(26)11-18(13-3-7-15(23)8-4-13)25(20(27)12-22)21(17)14-5-9-16(24)10-6-14/h3-10,17-18,21H,2,11-12H2,1H3. The third-order valence-corrected chi connectivity index (χ3v) is 5.87. The molecular weight excluding hydrogens is 405 g/mol. The van der Waals surface area contributed by atoms with E-state index >= 15 is 0 Å². The number of Topliss-reactive ketones (excluding diaryl/α,β-unsaturated/α-hetero) is 1. The first-order valence-electron chi connectivity index (χ1n) is 8.87. The summed E-state index contributed by atoms with van der Waals surface area (Å²) in [6, 6.07) is 13.8. The quantitative estimate of drug-likeness (QED) is 0.578. The number of carbonyl (C=O) groups is 2. The molecule has 0 bridgehead atoms. The van der Waals surface area contributed by atoms with Gasteiger partial charge in [-0.3, -0.25) is 9.59 Å². The van der Waals surface area contributed by atoms with Gasteiger partial charge in [0.05, 0.1) is 12.1 Å². The second-order valence-electron chi connectivity index (χ2n) is 6.68. The van der Waals surface area contributed by atoms with Crippen LogP contribution in [-0.4, -0.2) is 22.5 Å². The van der Waals surface area contributed by atoms with Crippen LogP contribution in [0.25, 0.3) is 0 Å². The first kappa shape index (κ1) is 20.2. The van der Waals surface area contributed by atoms with E-state index in [1.807, 2.05) is 31.2 Å². The van der Waals surface area contributed by atoms with E-state index in [1.54, 1.807) is 29.2 Å². The first-order chi connectivity index (χ1) is 13.0. The molecule has 2 aromatic rings. The molecule has 1 heterocycles. The highest BCUT2D eigenvalue weighted by Crippen LogP contribution is 2.45. The molecule has 1 aliphatic heterocycles. The second-order valence-corrected chi connectivity index (χ2v) is 7.82. The average Bonchev–Trinajstić information content (AvgIpc) is 2.68. The number of carbonyl (C=O) groups excluding carboxylic acids is 2. The Bertz CT molecular complexity index is 820. The number of alkyl halides is 1. The Morgan fingerprint density at radius 3 is 2.00 bits per heavy atom. The molecule has 142 valence electrons. The highest BCUT2D eigenvalue weighted by molar-refractivity contribution is 6.30. The maximum absolute atomic E-state index is 13.0. The van der Waals surface area contributed by atoms with Crippen molar-refractivity contribution < 1.29 is 9.59 Å². The number of benzene rings is 2. The summed E-state index contributed by atoms with van der Waals surface area (Å²) in [4.78, 5) is 27.6. The Balaban J connectivity index is 2.12. The van der Waals surface area contributed by atoms with Gasteiger partial charge in [-0.15, -0.1) is 11.6 Å². The van der Waals surface area contributed by atoms with Crippen molar-refractivity contribution in [3.63, 3.8) is 0 Å². The van der Waals surface area contributed by atoms with E-state index in [1.165, 1.54) is 0 Å². The van der Waals surface area contributed by atoms with Crippen molar-refractivity contribution in [2.75, 3.05) is 5.88 Å². The molecule has 1 amide bonds. The lowest BCUT2D eigenvalue weighted by molar-refractivity contribution is -0.145. The van der Waals surface area contributed by atoms with E-state index in [2.05, 4.69) is 0 Å². The number of piperidine rings is 1. The van der Waals surface area contributed by atoms with Crippen molar-refractivity contribution >= 4 is 46.5 Å². The summed E-state index contributed by atoms with van der Waals surface area (Å²) in [6.45, 7) is 1.97. The topological polar surface area (TPSA) is 37.4 Å². The van der Waals surface area contributed by atoms with Crippen LogP contribution >= 0.6 is 34.8 Å². The molecular formula is C21H20Cl3NO2. The fraction of sp³-hybridized carbons (Fsp3) is 0.333. The SMILES string of the molecule is CCC1C(=O)CC(c2ccc(Cl)cc2)N(C(=O)CCl)C1c1ccc(Cl)cc1. The Morgan fingerprint density at radius 1 is 1.00 bits per heavy atom. The van der Waals surface area contributed by atoms with Crippen LogP contribution in [-0.2, 0) is 9.59 Å². The van der Waals surface area contributed by atoms with Gasteiger partial charge in [0.1, 0.15) is 11.7 Å². The second kappa shape index (κ2) is 8.64. The summed E-state index contributed by atoms with van der Waals surface area (Å²) in [5, 5.41) is 1.22. The van der Waals surface area contributed by atoms with Crippen molar-refractivity contribution in [2.45, 2.75) is 31.8 Å². The van der Waals surface area contributed by atoms with Gasteiger partial charge in [0, 0.05) is 22.4 Å². The lowest BCUT2D eigenvalue weighted by Crippen LogP contribution is -2.48. The van der Waals surface area contributed by atoms with Crippen LogP contribution < -0.4 is 0 Å². The Kier molecular flexibility index (Phi) is 6.46. The minimum absolute atomic E-state index is 0.140. The minimum Gasteiger partial charge on any atom is -0.326 e.